The number of nitriles is 1. The summed E-state index contributed by atoms with van der Waals surface area (Å²) in [5, 5.41) is 22.9. The molecule has 1 aliphatic carbocycles. The van der Waals surface area contributed by atoms with Gasteiger partial charge < -0.3 is 5.32 Å². The van der Waals surface area contributed by atoms with Crippen LogP contribution in [-0.4, -0.2) is 16.4 Å². The molecule has 0 spiro atoms. The minimum Gasteiger partial charge on any atom is -0.333 e. The van der Waals surface area contributed by atoms with Crippen LogP contribution in [0, 0.1) is 28.4 Å². The lowest BCUT2D eigenvalue weighted by Gasteiger charge is -2.21. The van der Waals surface area contributed by atoms with E-state index in [-0.39, 0.29) is 11.3 Å². The van der Waals surface area contributed by atoms with E-state index >= 15 is 0 Å². The molecule has 1 aromatic rings. The monoisotopic (exact) mass is 273 g/mol. The van der Waals surface area contributed by atoms with Gasteiger partial charge in [0, 0.05) is 6.07 Å². The van der Waals surface area contributed by atoms with Crippen LogP contribution in [0.1, 0.15) is 41.6 Å². The minimum absolute atomic E-state index is 0.0107. The molecular weight excluding hydrogens is 258 g/mol. The molecule has 0 radical (unpaired) electrons. The highest BCUT2D eigenvalue weighted by Gasteiger charge is 2.36. The van der Waals surface area contributed by atoms with Crippen LogP contribution in [0.4, 0.5) is 5.69 Å². The summed E-state index contributed by atoms with van der Waals surface area (Å²) in [6.07, 6.45) is 2.94. The summed E-state index contributed by atoms with van der Waals surface area (Å²) >= 11 is 0. The molecule has 2 rings (SSSR count). The van der Waals surface area contributed by atoms with Crippen molar-refractivity contribution in [1.29, 1.82) is 5.26 Å². The zero-order chi connectivity index (χ0) is 14.8. The van der Waals surface area contributed by atoms with Gasteiger partial charge in [-0.1, -0.05) is 6.07 Å². The Bertz CT molecular complexity index is 598. The van der Waals surface area contributed by atoms with Gasteiger partial charge >= 0.3 is 0 Å². The Kier molecular flexibility index (Phi) is 3.70. The van der Waals surface area contributed by atoms with Crippen molar-refractivity contribution in [3.63, 3.8) is 0 Å². The van der Waals surface area contributed by atoms with Crippen LogP contribution in [0.15, 0.2) is 18.2 Å². The number of hydrogen-bond donors (Lipinski definition) is 1. The molecule has 1 aromatic carbocycles. The van der Waals surface area contributed by atoms with Gasteiger partial charge in [-0.05, 0) is 44.2 Å². The summed E-state index contributed by atoms with van der Waals surface area (Å²) in [5.41, 5.74) is -0.344. The smallest absolute Gasteiger partial charge is 0.282 e. The number of rotatable bonds is 3. The van der Waals surface area contributed by atoms with E-state index in [9.17, 15) is 20.2 Å². The van der Waals surface area contributed by atoms with E-state index in [1.807, 2.05) is 0 Å². The third-order valence-corrected chi connectivity index (χ3v) is 3.62. The minimum atomic E-state index is -0.880. The lowest BCUT2D eigenvalue weighted by Crippen LogP contribution is -2.45. The van der Waals surface area contributed by atoms with Crippen LogP contribution >= 0.6 is 0 Å². The Morgan fingerprint density at radius 2 is 2.10 bits per heavy atom. The second kappa shape index (κ2) is 5.29. The van der Waals surface area contributed by atoms with E-state index in [1.54, 1.807) is 13.0 Å². The van der Waals surface area contributed by atoms with E-state index in [4.69, 9.17) is 0 Å². The Balaban J connectivity index is 2.32. The van der Waals surface area contributed by atoms with Crippen molar-refractivity contribution in [2.24, 2.45) is 0 Å². The van der Waals surface area contributed by atoms with Gasteiger partial charge in [-0.3, -0.25) is 14.9 Å². The summed E-state index contributed by atoms with van der Waals surface area (Å²) in [7, 11) is 0. The molecule has 0 bridgehead atoms. The summed E-state index contributed by atoms with van der Waals surface area (Å²) in [6.45, 7) is 1.76. The lowest BCUT2D eigenvalue weighted by molar-refractivity contribution is -0.385. The number of nitro benzene ring substituents is 1. The molecule has 0 heterocycles. The number of nitro groups is 1. The molecule has 1 saturated carbocycles. The van der Waals surface area contributed by atoms with E-state index in [0.717, 1.165) is 18.4 Å². The zero-order valence-corrected chi connectivity index (χ0v) is 11.2. The summed E-state index contributed by atoms with van der Waals surface area (Å²) in [5.74, 6) is -0.552. The van der Waals surface area contributed by atoms with Crippen molar-refractivity contribution in [3.8, 4) is 6.07 Å². The van der Waals surface area contributed by atoms with Gasteiger partial charge in [-0.25, -0.2) is 0 Å². The summed E-state index contributed by atoms with van der Waals surface area (Å²) in [6, 6.07) is 6.52. The fourth-order valence-electron chi connectivity index (χ4n) is 2.52. The van der Waals surface area contributed by atoms with Gasteiger partial charge in [-0.2, -0.15) is 5.26 Å². The quantitative estimate of drug-likeness (QED) is 0.675. The maximum atomic E-state index is 12.3. The zero-order valence-electron chi connectivity index (χ0n) is 11.2. The highest BCUT2D eigenvalue weighted by Crippen LogP contribution is 2.30. The number of benzene rings is 1. The second-order valence-corrected chi connectivity index (χ2v) is 5.13. The van der Waals surface area contributed by atoms with Gasteiger partial charge in [0.15, 0.2) is 0 Å². The Morgan fingerprint density at radius 1 is 1.45 bits per heavy atom. The molecule has 1 N–H and O–H groups in total. The van der Waals surface area contributed by atoms with Crippen LogP contribution in [0.3, 0.4) is 0 Å². The Labute approximate surface area is 116 Å². The number of hydrogen-bond acceptors (Lipinski definition) is 4. The third-order valence-electron chi connectivity index (χ3n) is 3.62. The van der Waals surface area contributed by atoms with Gasteiger partial charge in [0.2, 0.25) is 0 Å². The number of carbonyl (C=O) groups excluding carboxylic acids is 1. The number of aryl methyl sites for hydroxylation is 1. The molecule has 6 nitrogen and oxygen atoms in total. The van der Waals surface area contributed by atoms with E-state index < -0.39 is 16.4 Å². The van der Waals surface area contributed by atoms with Crippen molar-refractivity contribution < 1.29 is 9.72 Å². The van der Waals surface area contributed by atoms with Crippen molar-refractivity contribution in [1.82, 2.24) is 5.32 Å². The molecule has 1 aliphatic rings. The van der Waals surface area contributed by atoms with Crippen LogP contribution in [0.2, 0.25) is 0 Å². The highest BCUT2D eigenvalue weighted by molar-refractivity contribution is 5.99. The SMILES string of the molecule is Cc1ccc([N+](=O)[O-])c(C(=O)NC2(C#N)CCCC2)c1. The van der Waals surface area contributed by atoms with Crippen molar-refractivity contribution in [2.75, 3.05) is 0 Å². The van der Waals surface area contributed by atoms with E-state index in [1.165, 1.54) is 12.1 Å². The second-order valence-electron chi connectivity index (χ2n) is 5.13. The van der Waals surface area contributed by atoms with Gasteiger partial charge in [0.25, 0.3) is 11.6 Å². The molecule has 104 valence electrons. The molecule has 0 unspecified atom stereocenters. The molecule has 1 fully saturated rings. The number of carbonyl (C=O) groups is 1. The number of nitrogens with one attached hydrogen (secondary N) is 1. The predicted molar refractivity (Wildman–Crippen MR) is 72.1 cm³/mol. The van der Waals surface area contributed by atoms with Gasteiger partial charge in [-0.15, -0.1) is 0 Å². The van der Waals surface area contributed by atoms with Crippen molar-refractivity contribution in [2.45, 2.75) is 38.1 Å². The maximum absolute atomic E-state index is 12.3. The first kappa shape index (κ1) is 14.0. The first-order valence-electron chi connectivity index (χ1n) is 6.46. The van der Waals surface area contributed by atoms with E-state index in [2.05, 4.69) is 11.4 Å². The first-order valence-corrected chi connectivity index (χ1v) is 6.46. The molecule has 0 saturated heterocycles. The number of amides is 1. The average Bonchev–Trinajstić information content (AvgIpc) is 2.87. The molecule has 0 atom stereocenters. The van der Waals surface area contributed by atoms with Crippen LogP contribution in [0.25, 0.3) is 0 Å². The Morgan fingerprint density at radius 3 is 2.65 bits per heavy atom. The lowest BCUT2D eigenvalue weighted by atomic mass is 9.98. The third kappa shape index (κ3) is 2.62. The van der Waals surface area contributed by atoms with Crippen molar-refractivity contribution >= 4 is 11.6 Å². The normalized spacial score (nSPS) is 16.4. The van der Waals surface area contributed by atoms with Crippen LogP contribution in [-0.2, 0) is 0 Å². The predicted octanol–water partition coefficient (Wildman–Crippen LogP) is 2.47. The van der Waals surface area contributed by atoms with Gasteiger partial charge in [0.1, 0.15) is 11.1 Å². The molecule has 6 heteroatoms. The largest absolute Gasteiger partial charge is 0.333 e. The topological polar surface area (TPSA) is 96.0 Å². The number of nitrogens with zero attached hydrogens (tertiary/aromatic N) is 2. The summed E-state index contributed by atoms with van der Waals surface area (Å²) < 4.78 is 0. The molecule has 20 heavy (non-hydrogen) atoms. The maximum Gasteiger partial charge on any atom is 0.282 e. The molecule has 0 aliphatic heterocycles. The van der Waals surface area contributed by atoms with E-state index in [0.29, 0.717) is 12.8 Å². The average molecular weight is 273 g/mol. The fraction of sp³-hybridized carbons (Fsp3) is 0.429. The van der Waals surface area contributed by atoms with Gasteiger partial charge in [0.05, 0.1) is 11.0 Å². The van der Waals surface area contributed by atoms with Crippen molar-refractivity contribution in [3.05, 3.63) is 39.4 Å². The molecular formula is C14H15N3O3. The fourth-order valence-corrected chi connectivity index (χ4v) is 2.52. The van der Waals surface area contributed by atoms with Crippen LogP contribution < -0.4 is 5.32 Å². The molecule has 0 aromatic heterocycles. The standard InChI is InChI=1S/C14H15N3O3/c1-10-4-5-12(17(19)20)11(8-10)13(18)16-14(9-15)6-2-3-7-14/h4-5,8H,2-3,6-7H2,1H3,(H,16,18). The van der Waals surface area contributed by atoms with Crippen LogP contribution in [0.5, 0.6) is 0 Å². The first-order chi connectivity index (χ1) is 9.47. The Hall–Kier alpha value is -2.42. The summed E-state index contributed by atoms with van der Waals surface area (Å²) in [4.78, 5) is 22.7. The molecule has 1 amide bonds. The highest BCUT2D eigenvalue weighted by atomic mass is 16.6.